The van der Waals surface area contributed by atoms with Crippen LogP contribution in [0.15, 0.2) is 6.33 Å². The Balaban J connectivity index is 2.05. The van der Waals surface area contributed by atoms with E-state index in [9.17, 15) is 10.2 Å². The fraction of sp³-hybridized carbons (Fsp3) is 0.417. The number of ether oxygens (including phenoxy) is 1. The van der Waals surface area contributed by atoms with Crippen LogP contribution in [0.2, 0.25) is 5.28 Å². The molecular formula is C12H12ClN5O3. The van der Waals surface area contributed by atoms with E-state index in [1.807, 2.05) is 0 Å². The number of aliphatic hydroxyl groups is 2. The predicted octanol–water partition coefficient (Wildman–Crippen LogP) is -0.294. The molecule has 0 amide bonds. The molecule has 0 radical (unpaired) electrons. The summed E-state index contributed by atoms with van der Waals surface area (Å²) in [6, 6.07) is 0. The standard InChI is InChI=1S/C12H12ClN5O3/c1-2-12(4-19)6(20)3-7(21-12)18-5-15-8-9(14)16-11(13)17-10(8)18/h1,5-7,19-20H,3-4H2,(H2,14,16,17)/t6-,7+,12+/m0/s1. The van der Waals surface area contributed by atoms with Gasteiger partial charge < -0.3 is 20.7 Å². The second kappa shape index (κ2) is 4.82. The molecule has 1 aliphatic heterocycles. The van der Waals surface area contributed by atoms with Gasteiger partial charge in [0.15, 0.2) is 17.1 Å². The average Bonchev–Trinajstić information content (AvgIpc) is 3.00. The Morgan fingerprint density at radius 2 is 2.38 bits per heavy atom. The first-order valence-electron chi connectivity index (χ1n) is 6.11. The van der Waals surface area contributed by atoms with Crippen molar-refractivity contribution in [3.05, 3.63) is 11.6 Å². The smallest absolute Gasteiger partial charge is 0.226 e. The van der Waals surface area contributed by atoms with Crippen LogP contribution in [0.25, 0.3) is 11.2 Å². The lowest BCUT2D eigenvalue weighted by atomic mass is 9.99. The first kappa shape index (κ1) is 14.0. The average molecular weight is 310 g/mol. The Kier molecular flexibility index (Phi) is 3.22. The van der Waals surface area contributed by atoms with Gasteiger partial charge in [-0.2, -0.15) is 9.97 Å². The Morgan fingerprint density at radius 1 is 1.62 bits per heavy atom. The van der Waals surface area contributed by atoms with Gasteiger partial charge in [0, 0.05) is 6.42 Å². The molecule has 0 spiro atoms. The summed E-state index contributed by atoms with van der Waals surface area (Å²) in [7, 11) is 0. The van der Waals surface area contributed by atoms with Crippen LogP contribution in [0.4, 0.5) is 5.82 Å². The topological polar surface area (TPSA) is 119 Å². The lowest BCUT2D eigenvalue weighted by Crippen LogP contribution is -2.41. The van der Waals surface area contributed by atoms with Crippen LogP contribution >= 0.6 is 11.6 Å². The number of aliphatic hydroxyl groups excluding tert-OH is 2. The largest absolute Gasteiger partial charge is 0.392 e. The molecule has 4 N–H and O–H groups in total. The molecule has 0 aliphatic carbocycles. The number of terminal acetylenes is 1. The zero-order chi connectivity index (χ0) is 15.2. The lowest BCUT2D eigenvalue weighted by Gasteiger charge is -2.23. The monoisotopic (exact) mass is 309 g/mol. The van der Waals surface area contributed by atoms with E-state index < -0.39 is 24.5 Å². The van der Waals surface area contributed by atoms with E-state index in [1.165, 1.54) is 6.33 Å². The van der Waals surface area contributed by atoms with Crippen LogP contribution < -0.4 is 5.73 Å². The minimum Gasteiger partial charge on any atom is -0.392 e. The van der Waals surface area contributed by atoms with Gasteiger partial charge in [-0.15, -0.1) is 6.42 Å². The molecular weight excluding hydrogens is 298 g/mol. The van der Waals surface area contributed by atoms with Crippen LogP contribution in [0.5, 0.6) is 0 Å². The molecule has 8 nitrogen and oxygen atoms in total. The maximum absolute atomic E-state index is 10.0. The van der Waals surface area contributed by atoms with Crippen LogP contribution in [-0.4, -0.2) is 48.0 Å². The first-order chi connectivity index (χ1) is 10.0. The van der Waals surface area contributed by atoms with E-state index >= 15 is 0 Å². The molecule has 1 fully saturated rings. The summed E-state index contributed by atoms with van der Waals surface area (Å²) in [5.41, 5.74) is 5.03. The summed E-state index contributed by atoms with van der Waals surface area (Å²) in [6.45, 7) is -0.494. The zero-order valence-electron chi connectivity index (χ0n) is 10.8. The Morgan fingerprint density at radius 3 is 3.00 bits per heavy atom. The van der Waals surface area contributed by atoms with Gasteiger partial charge in [0.05, 0.1) is 12.9 Å². The molecule has 2 aromatic rings. The highest BCUT2D eigenvalue weighted by molar-refractivity contribution is 6.28. The number of halogens is 1. The van der Waals surface area contributed by atoms with Gasteiger partial charge in [-0.05, 0) is 11.6 Å². The summed E-state index contributed by atoms with van der Waals surface area (Å²) < 4.78 is 7.19. The van der Waals surface area contributed by atoms with Gasteiger partial charge >= 0.3 is 0 Å². The van der Waals surface area contributed by atoms with E-state index in [4.69, 9.17) is 28.5 Å². The maximum Gasteiger partial charge on any atom is 0.226 e. The number of hydrogen-bond donors (Lipinski definition) is 3. The number of nitrogen functional groups attached to an aromatic ring is 1. The fourth-order valence-electron chi connectivity index (χ4n) is 2.36. The van der Waals surface area contributed by atoms with Gasteiger partial charge in [0.25, 0.3) is 0 Å². The van der Waals surface area contributed by atoms with Gasteiger partial charge in [0.1, 0.15) is 17.8 Å². The maximum atomic E-state index is 10.0. The van der Waals surface area contributed by atoms with Crippen molar-refractivity contribution in [3.63, 3.8) is 0 Å². The minimum atomic E-state index is -1.44. The number of imidazole rings is 1. The molecule has 0 bridgehead atoms. The van der Waals surface area contributed by atoms with Crippen LogP contribution in [0.1, 0.15) is 12.6 Å². The third kappa shape index (κ3) is 2.02. The molecule has 2 aromatic heterocycles. The van der Waals surface area contributed by atoms with E-state index in [0.717, 1.165) is 0 Å². The van der Waals surface area contributed by atoms with E-state index in [2.05, 4.69) is 20.9 Å². The summed E-state index contributed by atoms with van der Waals surface area (Å²) in [5.74, 6) is 2.45. The predicted molar refractivity (Wildman–Crippen MR) is 74.1 cm³/mol. The SMILES string of the molecule is C#C[C@]1(CO)O[C@@H](n2cnc3c(N)nc(Cl)nc32)C[C@@H]1O. The van der Waals surface area contributed by atoms with Crippen molar-refractivity contribution in [2.45, 2.75) is 24.4 Å². The van der Waals surface area contributed by atoms with Gasteiger partial charge in [0.2, 0.25) is 5.28 Å². The number of fused-ring (bicyclic) bond motifs is 1. The lowest BCUT2D eigenvalue weighted by molar-refractivity contribution is -0.0891. The summed E-state index contributed by atoms with van der Waals surface area (Å²) in [4.78, 5) is 12.0. The highest BCUT2D eigenvalue weighted by Crippen LogP contribution is 2.37. The normalized spacial score (nSPS) is 28.9. The van der Waals surface area contributed by atoms with Crippen LogP contribution in [0, 0.1) is 12.3 Å². The quantitative estimate of drug-likeness (QED) is 0.515. The molecule has 3 heterocycles. The Labute approximate surface area is 124 Å². The van der Waals surface area contributed by atoms with Crippen molar-refractivity contribution in [1.29, 1.82) is 0 Å². The number of hydrogen-bond acceptors (Lipinski definition) is 7. The van der Waals surface area contributed by atoms with Crippen molar-refractivity contribution >= 4 is 28.6 Å². The summed E-state index contributed by atoms with van der Waals surface area (Å²) >= 11 is 5.79. The highest BCUT2D eigenvalue weighted by Gasteiger charge is 2.47. The van der Waals surface area contributed by atoms with Crippen molar-refractivity contribution in [2.75, 3.05) is 12.3 Å². The van der Waals surface area contributed by atoms with Crippen LogP contribution in [-0.2, 0) is 4.74 Å². The molecule has 3 rings (SSSR count). The molecule has 110 valence electrons. The molecule has 0 saturated carbocycles. The molecule has 0 aromatic carbocycles. The van der Waals surface area contributed by atoms with E-state index in [0.29, 0.717) is 11.2 Å². The number of nitrogens with two attached hydrogens (primary N) is 1. The Hall–Kier alpha value is -1.92. The zero-order valence-corrected chi connectivity index (χ0v) is 11.5. The Bertz CT molecular complexity index is 742. The summed E-state index contributed by atoms with van der Waals surface area (Å²) in [6.07, 6.45) is 5.34. The molecule has 21 heavy (non-hydrogen) atoms. The number of anilines is 1. The van der Waals surface area contributed by atoms with Crippen molar-refractivity contribution < 1.29 is 14.9 Å². The molecule has 1 aliphatic rings. The molecule has 3 atom stereocenters. The number of rotatable bonds is 2. The second-order valence-corrected chi connectivity index (χ2v) is 5.06. The third-order valence-electron chi connectivity index (χ3n) is 3.52. The van der Waals surface area contributed by atoms with Crippen molar-refractivity contribution in [2.24, 2.45) is 0 Å². The number of aromatic nitrogens is 4. The van der Waals surface area contributed by atoms with E-state index in [1.54, 1.807) is 4.57 Å². The van der Waals surface area contributed by atoms with Crippen molar-refractivity contribution in [1.82, 2.24) is 19.5 Å². The highest BCUT2D eigenvalue weighted by atomic mass is 35.5. The third-order valence-corrected chi connectivity index (χ3v) is 3.69. The van der Waals surface area contributed by atoms with Crippen LogP contribution in [0.3, 0.4) is 0 Å². The molecule has 1 saturated heterocycles. The summed E-state index contributed by atoms with van der Waals surface area (Å²) in [5, 5.41) is 19.4. The van der Waals surface area contributed by atoms with E-state index in [-0.39, 0.29) is 17.5 Å². The van der Waals surface area contributed by atoms with Gasteiger partial charge in [-0.3, -0.25) is 4.57 Å². The minimum absolute atomic E-state index is 0.0225. The van der Waals surface area contributed by atoms with Gasteiger partial charge in [-0.1, -0.05) is 5.92 Å². The molecule has 0 unspecified atom stereocenters. The number of nitrogens with zero attached hydrogens (tertiary/aromatic N) is 4. The van der Waals surface area contributed by atoms with Gasteiger partial charge in [-0.25, -0.2) is 4.98 Å². The van der Waals surface area contributed by atoms with Crippen molar-refractivity contribution in [3.8, 4) is 12.3 Å². The fourth-order valence-corrected chi connectivity index (χ4v) is 2.53. The second-order valence-electron chi connectivity index (χ2n) is 4.72. The molecule has 9 heteroatoms. The first-order valence-corrected chi connectivity index (χ1v) is 6.48.